The summed E-state index contributed by atoms with van der Waals surface area (Å²) < 4.78 is 10.4. The third-order valence-corrected chi connectivity index (χ3v) is 4.26. The van der Waals surface area contributed by atoms with Gasteiger partial charge in [-0.25, -0.2) is 9.78 Å². The number of aromatic nitrogens is 3. The second-order valence-corrected chi connectivity index (χ2v) is 7.10. The summed E-state index contributed by atoms with van der Waals surface area (Å²) in [6.07, 6.45) is 0. The lowest BCUT2D eigenvalue weighted by atomic mass is 10.3. The minimum Gasteiger partial charge on any atom is -0.506 e. The Bertz CT molecular complexity index is 1090. The summed E-state index contributed by atoms with van der Waals surface area (Å²) in [7, 11) is 0. The molecule has 0 spiro atoms. The van der Waals surface area contributed by atoms with Gasteiger partial charge in [-0.3, -0.25) is 9.97 Å². The Morgan fingerprint density at radius 1 is 0.743 bits per heavy atom. The maximum atomic E-state index is 10.7. The highest BCUT2D eigenvalue weighted by Gasteiger charge is 2.12. The molecule has 0 unspecified atom stereocenters. The molecule has 3 aromatic heterocycles. The van der Waals surface area contributed by atoms with Gasteiger partial charge in [-0.05, 0) is 71.0 Å². The van der Waals surface area contributed by atoms with E-state index < -0.39 is 5.97 Å². The molecule has 10 nitrogen and oxygen atoms in total. The third kappa shape index (κ3) is 9.95. The molecule has 0 aromatic carbocycles. The number of rotatable bonds is 7. The first kappa shape index (κ1) is 29.3. The van der Waals surface area contributed by atoms with Crippen LogP contribution >= 0.6 is 0 Å². The number of aromatic carboxylic acids is 1. The number of aryl methyl sites for hydroxylation is 3. The van der Waals surface area contributed by atoms with Crippen LogP contribution in [0.2, 0.25) is 0 Å². The Kier molecular flexibility index (Phi) is 12.7. The number of carboxylic acids is 1. The van der Waals surface area contributed by atoms with Crippen LogP contribution in [0.1, 0.15) is 52.8 Å². The lowest BCUT2D eigenvalue weighted by Crippen LogP contribution is -2.06. The van der Waals surface area contributed by atoms with Gasteiger partial charge in [-0.2, -0.15) is 0 Å². The van der Waals surface area contributed by atoms with Gasteiger partial charge >= 0.3 is 5.97 Å². The Balaban J connectivity index is 0.000000265. The van der Waals surface area contributed by atoms with Crippen molar-refractivity contribution in [2.24, 2.45) is 0 Å². The minimum atomic E-state index is -1.06. The zero-order valence-electron chi connectivity index (χ0n) is 20.6. The fourth-order valence-electron chi connectivity index (χ4n) is 2.69. The van der Waals surface area contributed by atoms with Crippen molar-refractivity contribution in [1.82, 2.24) is 15.0 Å². The Morgan fingerprint density at radius 3 is 1.69 bits per heavy atom. The highest BCUT2D eigenvalue weighted by atomic mass is 16.5. The number of ether oxygens (including phenoxy) is 2. The third-order valence-electron chi connectivity index (χ3n) is 4.26. The highest BCUT2D eigenvalue weighted by molar-refractivity contribution is 5.88. The van der Waals surface area contributed by atoms with Gasteiger partial charge in [0.05, 0.1) is 26.4 Å². The van der Waals surface area contributed by atoms with Gasteiger partial charge in [-0.1, -0.05) is 0 Å². The van der Waals surface area contributed by atoms with Crippen LogP contribution in [0, 0.1) is 20.8 Å². The number of aliphatic hydroxyl groups excluding tert-OH is 2. The number of carbonyl (C=O) groups is 1. The van der Waals surface area contributed by atoms with Gasteiger partial charge in [0.25, 0.3) is 0 Å². The van der Waals surface area contributed by atoms with E-state index in [9.17, 15) is 4.79 Å². The fourth-order valence-corrected chi connectivity index (χ4v) is 2.69. The molecule has 0 saturated heterocycles. The maximum Gasteiger partial charge on any atom is 0.358 e. The molecule has 10 heteroatoms. The molecule has 0 aliphatic rings. The van der Waals surface area contributed by atoms with E-state index in [2.05, 4.69) is 15.0 Å². The molecule has 190 valence electrons. The number of aromatic hydroxyl groups is 1. The summed E-state index contributed by atoms with van der Waals surface area (Å²) >= 11 is 0. The molecule has 0 bridgehead atoms. The molecule has 0 fully saturated rings. The van der Waals surface area contributed by atoms with Crippen molar-refractivity contribution in [2.75, 3.05) is 13.2 Å². The maximum absolute atomic E-state index is 10.7. The smallest absolute Gasteiger partial charge is 0.358 e. The summed E-state index contributed by atoms with van der Waals surface area (Å²) in [6.45, 7) is 9.87. The molecule has 3 rings (SSSR count). The Morgan fingerprint density at radius 2 is 1.20 bits per heavy atom. The summed E-state index contributed by atoms with van der Waals surface area (Å²) in [5, 5.41) is 35.3. The molecular formula is C25H33N3O7. The average molecular weight is 488 g/mol. The van der Waals surface area contributed by atoms with Gasteiger partial charge in [-0.15, -0.1) is 0 Å². The van der Waals surface area contributed by atoms with Crippen LogP contribution in [0.5, 0.6) is 17.2 Å². The first-order chi connectivity index (χ1) is 16.7. The van der Waals surface area contributed by atoms with E-state index in [0.717, 1.165) is 11.4 Å². The van der Waals surface area contributed by atoms with E-state index in [-0.39, 0.29) is 24.7 Å². The van der Waals surface area contributed by atoms with Crippen molar-refractivity contribution in [3.63, 3.8) is 0 Å². The van der Waals surface area contributed by atoms with Crippen LogP contribution in [-0.4, -0.2) is 54.6 Å². The van der Waals surface area contributed by atoms with Crippen LogP contribution in [0.25, 0.3) is 0 Å². The predicted molar refractivity (Wildman–Crippen MR) is 130 cm³/mol. The lowest BCUT2D eigenvalue weighted by Gasteiger charge is -2.07. The van der Waals surface area contributed by atoms with Crippen LogP contribution in [0.3, 0.4) is 0 Å². The Labute approximate surface area is 204 Å². The van der Waals surface area contributed by atoms with Crippen molar-refractivity contribution < 1.29 is 34.7 Å². The average Bonchev–Trinajstić information content (AvgIpc) is 2.84. The highest BCUT2D eigenvalue weighted by Crippen LogP contribution is 2.17. The van der Waals surface area contributed by atoms with Crippen LogP contribution < -0.4 is 9.47 Å². The summed E-state index contributed by atoms with van der Waals surface area (Å²) in [4.78, 5) is 22.6. The number of carboxylic acid groups (broad SMARTS) is 1. The summed E-state index contributed by atoms with van der Waals surface area (Å²) in [5.41, 5.74) is 3.27. The number of pyridine rings is 3. The lowest BCUT2D eigenvalue weighted by molar-refractivity contribution is 0.0685. The van der Waals surface area contributed by atoms with Crippen molar-refractivity contribution in [1.29, 1.82) is 0 Å². The molecular weight excluding hydrogens is 454 g/mol. The van der Waals surface area contributed by atoms with Crippen LogP contribution in [0.15, 0.2) is 36.4 Å². The number of hydrogen-bond donors (Lipinski definition) is 4. The SMILES string of the molecule is CCOc1ccc(C)nc1C(=O)O.CCOc1ccc(C)nc1CO.Cc1ccc(O)c(CO)n1. The van der Waals surface area contributed by atoms with Crippen molar-refractivity contribution in [3.8, 4) is 17.2 Å². The topological polar surface area (TPSA) is 155 Å². The molecule has 0 radical (unpaired) electrons. The van der Waals surface area contributed by atoms with Crippen LogP contribution in [-0.2, 0) is 13.2 Å². The molecule has 4 N–H and O–H groups in total. The molecule has 0 aliphatic heterocycles. The largest absolute Gasteiger partial charge is 0.506 e. The first-order valence-corrected chi connectivity index (χ1v) is 11.0. The molecule has 35 heavy (non-hydrogen) atoms. The number of nitrogens with zero attached hydrogens (tertiary/aromatic N) is 3. The van der Waals surface area contributed by atoms with Crippen molar-refractivity contribution >= 4 is 5.97 Å². The second kappa shape index (κ2) is 15.2. The van der Waals surface area contributed by atoms with Gasteiger partial charge in [0, 0.05) is 17.1 Å². The van der Waals surface area contributed by atoms with E-state index in [1.165, 1.54) is 6.07 Å². The zero-order valence-corrected chi connectivity index (χ0v) is 20.6. The van der Waals surface area contributed by atoms with E-state index in [0.29, 0.717) is 41.8 Å². The van der Waals surface area contributed by atoms with Gasteiger partial charge < -0.3 is 29.9 Å². The minimum absolute atomic E-state index is 0.0261. The summed E-state index contributed by atoms with van der Waals surface area (Å²) in [5.74, 6) is -0.0218. The normalized spacial score (nSPS) is 9.80. The van der Waals surface area contributed by atoms with E-state index in [1.54, 1.807) is 39.0 Å². The van der Waals surface area contributed by atoms with Gasteiger partial charge in [0.1, 0.15) is 22.9 Å². The van der Waals surface area contributed by atoms with Crippen LogP contribution in [0.4, 0.5) is 0 Å². The van der Waals surface area contributed by atoms with Gasteiger partial charge in [0.15, 0.2) is 11.4 Å². The van der Waals surface area contributed by atoms with E-state index in [1.807, 2.05) is 26.0 Å². The molecule has 3 aromatic rings. The predicted octanol–water partition coefficient (Wildman–Crippen LogP) is 3.36. The second-order valence-electron chi connectivity index (χ2n) is 7.10. The monoisotopic (exact) mass is 487 g/mol. The van der Waals surface area contributed by atoms with Gasteiger partial charge in [0.2, 0.25) is 0 Å². The van der Waals surface area contributed by atoms with E-state index in [4.69, 9.17) is 29.9 Å². The molecule has 0 saturated carbocycles. The standard InChI is InChI=1S/C9H11NO3.C9H13NO2.C7H9NO2/c1-3-13-7-5-4-6(2)10-8(7)9(11)12;1-3-12-9-5-4-7(2)10-8(9)6-11;1-5-2-3-7(10)6(4-9)8-5/h4-5H,3H2,1-2H3,(H,11,12);4-5,11H,3,6H2,1-2H3;2-3,9-10H,4H2,1H3. The molecule has 0 atom stereocenters. The van der Waals surface area contributed by atoms with Crippen molar-refractivity contribution in [3.05, 3.63) is 70.6 Å². The zero-order chi connectivity index (χ0) is 26.4. The molecule has 0 aliphatic carbocycles. The number of aliphatic hydroxyl groups is 2. The molecule has 0 amide bonds. The molecule has 3 heterocycles. The quantitative estimate of drug-likeness (QED) is 0.390. The first-order valence-electron chi connectivity index (χ1n) is 11.0. The fraction of sp³-hybridized carbons (Fsp3) is 0.360. The van der Waals surface area contributed by atoms with E-state index >= 15 is 0 Å². The van der Waals surface area contributed by atoms with Crippen molar-refractivity contribution in [2.45, 2.75) is 47.8 Å². The number of hydrogen-bond acceptors (Lipinski definition) is 9. The Hall–Kier alpha value is -3.76. The summed E-state index contributed by atoms with van der Waals surface area (Å²) in [6, 6.07) is 10.2.